The number of carbonyl (C=O) groups is 5. The summed E-state index contributed by atoms with van der Waals surface area (Å²) in [6.07, 6.45) is 3.78. The van der Waals surface area contributed by atoms with Crippen molar-refractivity contribution >= 4 is 60.4 Å². The second-order valence-electron chi connectivity index (χ2n) is 9.49. The summed E-state index contributed by atoms with van der Waals surface area (Å²) in [5.41, 5.74) is -0.104. The van der Waals surface area contributed by atoms with Gasteiger partial charge < -0.3 is 30.6 Å². The van der Waals surface area contributed by atoms with E-state index in [1.807, 2.05) is 0 Å². The quantitative estimate of drug-likeness (QED) is 0.121. The molecule has 2 aliphatic rings. The first-order valence-corrected chi connectivity index (χ1v) is 16.5. The Bertz CT molecular complexity index is 957. The molecule has 5 atom stereocenters. The van der Waals surface area contributed by atoms with Gasteiger partial charge in [0.25, 0.3) is 5.91 Å². The average molecular weight is 589 g/mol. The van der Waals surface area contributed by atoms with Gasteiger partial charge in [-0.05, 0) is 35.6 Å². The number of hydrogen-bond acceptors (Lipinski definition) is 9. The van der Waals surface area contributed by atoms with Gasteiger partial charge in [0.15, 0.2) is 9.83 Å². The third kappa shape index (κ3) is 9.86. The van der Waals surface area contributed by atoms with Gasteiger partial charge in [0.05, 0.1) is 6.42 Å². The van der Waals surface area contributed by atoms with Gasteiger partial charge in [0.2, 0.25) is 17.7 Å². The summed E-state index contributed by atoms with van der Waals surface area (Å²) < 4.78 is 18.1. The number of fused-ring (bicyclic) bond motifs is 7. The summed E-state index contributed by atoms with van der Waals surface area (Å²) >= 11 is 0. The van der Waals surface area contributed by atoms with Gasteiger partial charge in [-0.25, -0.2) is 4.79 Å². The lowest BCUT2D eigenvalue weighted by Gasteiger charge is -2.28. The molecule has 0 unspecified atom stereocenters. The molecule has 0 aliphatic carbocycles. The Hall–Kier alpha value is -2.16. The van der Waals surface area contributed by atoms with Gasteiger partial charge in [-0.15, -0.1) is 0 Å². The van der Waals surface area contributed by atoms with E-state index in [4.69, 9.17) is 4.74 Å². The van der Waals surface area contributed by atoms with Crippen LogP contribution in [0.2, 0.25) is 0 Å². The van der Waals surface area contributed by atoms with Crippen LogP contribution in [-0.2, 0) is 38.9 Å². The van der Waals surface area contributed by atoms with Crippen LogP contribution in [0.1, 0.15) is 47.5 Å². The van der Waals surface area contributed by atoms with Crippen LogP contribution in [0.3, 0.4) is 0 Å². The van der Waals surface area contributed by atoms with Crippen LogP contribution in [0.25, 0.3) is 0 Å². The number of rotatable bonds is 2. The van der Waals surface area contributed by atoms with E-state index in [1.165, 1.54) is 6.08 Å². The summed E-state index contributed by atoms with van der Waals surface area (Å²) in [7, 11) is 0.932. The molecule has 2 rings (SSSR count). The Labute approximate surface area is 233 Å². The normalized spacial score (nSPS) is 31.0. The van der Waals surface area contributed by atoms with Crippen molar-refractivity contribution in [2.45, 2.75) is 71.7 Å². The van der Waals surface area contributed by atoms with Gasteiger partial charge >= 0.3 is 5.97 Å². The van der Waals surface area contributed by atoms with Crippen molar-refractivity contribution in [2.75, 3.05) is 11.5 Å². The summed E-state index contributed by atoms with van der Waals surface area (Å²) in [4.78, 5) is 65.5. The molecule has 0 aromatic carbocycles. The summed E-state index contributed by atoms with van der Waals surface area (Å²) in [6, 6.07) is -3.13. The smallest absolute Gasteiger partial charge is 0.329 e. The highest BCUT2D eigenvalue weighted by Crippen LogP contribution is 2.30. The predicted octanol–water partition coefficient (Wildman–Crippen LogP) is 1.09. The van der Waals surface area contributed by atoms with Crippen LogP contribution in [0, 0.1) is 11.8 Å². The molecule has 1 saturated heterocycles. The first-order chi connectivity index (χ1) is 17.9. The fourth-order valence-electron chi connectivity index (χ4n) is 3.56. The maximum absolute atomic E-state index is 13.2. The second-order valence-corrected chi connectivity index (χ2v) is 14.7. The minimum Gasteiger partial charge on any atom is -0.604 e. The highest BCUT2D eigenvalue weighted by atomic mass is 33.5. The highest BCUT2D eigenvalue weighted by molar-refractivity contribution is 9.06. The Kier molecular flexibility index (Phi) is 13.0. The van der Waals surface area contributed by atoms with E-state index in [0.29, 0.717) is 12.2 Å². The Balaban J connectivity index is 2.58. The van der Waals surface area contributed by atoms with Crippen molar-refractivity contribution in [1.29, 1.82) is 0 Å². The van der Waals surface area contributed by atoms with E-state index in [0.717, 1.165) is 20.6 Å². The first-order valence-electron chi connectivity index (χ1n) is 12.4. The minimum absolute atomic E-state index is 0.0597. The molecule has 212 valence electrons. The number of ether oxygens (including phenoxy) is 1. The minimum atomic E-state index is -1.30. The molecule has 2 aliphatic heterocycles. The zero-order chi connectivity index (χ0) is 28.4. The topological polar surface area (TPSA) is 166 Å². The van der Waals surface area contributed by atoms with Gasteiger partial charge in [-0.1, -0.05) is 39.8 Å². The van der Waals surface area contributed by atoms with Crippen molar-refractivity contribution in [1.82, 2.24) is 21.3 Å². The number of amides is 4. The molecular formula is C24H36N4O7S3. The van der Waals surface area contributed by atoms with E-state index < -0.39 is 64.0 Å². The van der Waals surface area contributed by atoms with Crippen molar-refractivity contribution < 1.29 is 33.3 Å². The zero-order valence-electron chi connectivity index (χ0n) is 22.1. The lowest BCUT2D eigenvalue weighted by molar-refractivity contribution is -0.153. The summed E-state index contributed by atoms with van der Waals surface area (Å²) in [6.45, 7) is 8.50. The largest absolute Gasteiger partial charge is 0.604 e. The fourth-order valence-corrected chi connectivity index (χ4v) is 7.96. The third-order valence-electron chi connectivity index (χ3n) is 5.71. The summed E-state index contributed by atoms with van der Waals surface area (Å²) in [5.74, 6) is -3.58. The molecule has 11 nitrogen and oxygen atoms in total. The standard InChI is InChI=1S/C24H36N4O7S3/c1-6-16-21(30)28-20(14(4)5)24(33)35-15-9-7-8-10-38(34)37-36-12-17(22(31)25-16)26-23(32)19(13(2)3)27-18(29)11-15/h6-7,9,13-15,17,19-20H,8,10-12H2,1-5H3,(H,25,31)(H,26,32)(H,27,29)(H,28,30)/b9-7+,16-6-/t15-,17-,19-,20+,38+/m1/s1. The van der Waals surface area contributed by atoms with Gasteiger partial charge in [-0.3, -0.25) is 19.2 Å². The lowest BCUT2D eigenvalue weighted by atomic mass is 10.0. The molecule has 4 amide bonds. The SMILES string of the molecule is C/C=C1\NC(=O)[C@H]2CSS[S@+]([O-])CC/C=C/[C@H](CC(=O)N[C@H](C(C)C)C(=O)N2)OC(=O)[C@H](C(C)C)NC1=O. The third-order valence-corrected chi connectivity index (χ3v) is 10.9. The molecule has 0 spiro atoms. The second kappa shape index (κ2) is 15.4. The van der Waals surface area contributed by atoms with Gasteiger partial charge in [0, 0.05) is 22.4 Å². The molecule has 2 bridgehead atoms. The molecule has 0 aromatic heterocycles. The van der Waals surface area contributed by atoms with E-state index >= 15 is 0 Å². The molecular weight excluding hydrogens is 552 g/mol. The van der Waals surface area contributed by atoms with Crippen molar-refractivity contribution in [3.05, 3.63) is 23.9 Å². The van der Waals surface area contributed by atoms with Gasteiger partial charge in [0.1, 0.15) is 35.7 Å². The van der Waals surface area contributed by atoms with Crippen LogP contribution < -0.4 is 21.3 Å². The highest BCUT2D eigenvalue weighted by Gasteiger charge is 2.34. The number of allylic oxidation sites excluding steroid dienone is 2. The average Bonchev–Trinajstić information content (AvgIpc) is 2.84. The monoisotopic (exact) mass is 588 g/mol. The number of nitrogens with one attached hydrogen (secondary N) is 4. The number of esters is 1. The first kappa shape index (κ1) is 32.1. The molecule has 1 fully saturated rings. The van der Waals surface area contributed by atoms with E-state index in [1.54, 1.807) is 46.8 Å². The molecule has 0 aromatic rings. The van der Waals surface area contributed by atoms with E-state index in [9.17, 15) is 28.5 Å². The van der Waals surface area contributed by atoms with Crippen molar-refractivity contribution in [3.63, 3.8) is 0 Å². The number of hydrogen-bond donors (Lipinski definition) is 4. The van der Waals surface area contributed by atoms with E-state index in [2.05, 4.69) is 21.3 Å². The zero-order valence-corrected chi connectivity index (χ0v) is 24.6. The summed E-state index contributed by atoms with van der Waals surface area (Å²) in [5, 5.41) is 10.5. The molecule has 4 N–H and O–H groups in total. The van der Waals surface area contributed by atoms with Crippen LogP contribution >= 0.6 is 20.6 Å². The van der Waals surface area contributed by atoms with Crippen molar-refractivity contribution in [3.8, 4) is 0 Å². The van der Waals surface area contributed by atoms with Crippen molar-refractivity contribution in [2.24, 2.45) is 11.8 Å². The maximum atomic E-state index is 13.2. The number of carbonyl (C=O) groups excluding carboxylic acids is 5. The molecule has 0 radical (unpaired) electrons. The lowest BCUT2D eigenvalue weighted by Crippen LogP contribution is -2.57. The van der Waals surface area contributed by atoms with Crippen LogP contribution in [0.15, 0.2) is 23.9 Å². The maximum Gasteiger partial charge on any atom is 0.329 e. The van der Waals surface area contributed by atoms with E-state index in [-0.39, 0.29) is 29.7 Å². The fraction of sp³-hybridized carbons (Fsp3) is 0.625. The molecule has 0 saturated carbocycles. The Morgan fingerprint density at radius 3 is 2.34 bits per heavy atom. The van der Waals surface area contributed by atoms with Gasteiger partial charge in [-0.2, -0.15) is 0 Å². The van der Waals surface area contributed by atoms with Crippen LogP contribution in [-0.4, -0.2) is 69.9 Å². The van der Waals surface area contributed by atoms with Crippen LogP contribution in [0.4, 0.5) is 0 Å². The predicted molar refractivity (Wildman–Crippen MR) is 149 cm³/mol. The Morgan fingerprint density at radius 2 is 1.71 bits per heavy atom. The Morgan fingerprint density at radius 1 is 1.03 bits per heavy atom. The molecule has 2 heterocycles. The van der Waals surface area contributed by atoms with Crippen LogP contribution in [0.5, 0.6) is 0 Å². The molecule has 38 heavy (non-hydrogen) atoms. The molecule has 14 heteroatoms.